The van der Waals surface area contributed by atoms with Crippen LogP contribution in [0.1, 0.15) is 12.0 Å². The van der Waals surface area contributed by atoms with E-state index in [9.17, 15) is 0 Å². The van der Waals surface area contributed by atoms with Crippen LogP contribution in [0.25, 0.3) is 6.20 Å². The summed E-state index contributed by atoms with van der Waals surface area (Å²) in [4.78, 5) is 0. The monoisotopic (exact) mass is 209 g/mol. The quantitative estimate of drug-likeness (QED) is 0.816. The zero-order chi connectivity index (χ0) is 9.80. The van der Waals surface area contributed by atoms with E-state index in [0.717, 1.165) is 6.54 Å². The molecule has 0 saturated carbocycles. The molecule has 76 valence electrons. The highest BCUT2D eigenvalue weighted by Crippen LogP contribution is 2.17. The number of rotatable bonds is 4. The van der Waals surface area contributed by atoms with E-state index in [-0.39, 0.29) is 0 Å². The molecule has 2 heterocycles. The molecule has 0 aliphatic carbocycles. The molecular formula is C10H15N3S. The van der Waals surface area contributed by atoms with Crippen molar-refractivity contribution in [2.24, 2.45) is 0 Å². The first-order chi connectivity index (χ1) is 6.88. The van der Waals surface area contributed by atoms with E-state index in [0.29, 0.717) is 6.04 Å². The minimum atomic E-state index is 0.687. The molecule has 1 atom stereocenters. The Morgan fingerprint density at radius 2 is 2.71 bits per heavy atom. The van der Waals surface area contributed by atoms with Gasteiger partial charge >= 0.3 is 0 Å². The van der Waals surface area contributed by atoms with Gasteiger partial charge in [-0.3, -0.25) is 0 Å². The van der Waals surface area contributed by atoms with E-state index in [1.165, 1.54) is 23.5 Å². The highest BCUT2D eigenvalue weighted by atomic mass is 32.2. The third-order valence-corrected chi connectivity index (χ3v) is 3.53. The lowest BCUT2D eigenvalue weighted by molar-refractivity contribution is 0.558. The van der Waals surface area contributed by atoms with Crippen LogP contribution in [0, 0.1) is 0 Å². The number of nitrogens with one attached hydrogen (secondary N) is 1. The third kappa shape index (κ3) is 2.39. The Kier molecular flexibility index (Phi) is 3.26. The predicted molar refractivity (Wildman–Crippen MR) is 61.2 cm³/mol. The molecular weight excluding hydrogens is 194 g/mol. The van der Waals surface area contributed by atoms with Crippen LogP contribution in [0.15, 0.2) is 19.0 Å². The molecule has 0 spiro atoms. The van der Waals surface area contributed by atoms with Gasteiger partial charge in [0, 0.05) is 36.3 Å². The van der Waals surface area contributed by atoms with Gasteiger partial charge in [0.15, 0.2) is 0 Å². The normalized spacial score (nSPS) is 21.3. The fourth-order valence-electron chi connectivity index (χ4n) is 1.53. The number of nitrogens with zero attached hydrogens (tertiary/aromatic N) is 2. The van der Waals surface area contributed by atoms with Gasteiger partial charge in [-0.1, -0.05) is 6.58 Å². The van der Waals surface area contributed by atoms with Crippen LogP contribution in [0.3, 0.4) is 0 Å². The molecule has 1 aromatic heterocycles. The molecule has 0 bridgehead atoms. The Morgan fingerprint density at radius 1 is 1.79 bits per heavy atom. The van der Waals surface area contributed by atoms with Crippen LogP contribution in [-0.2, 0) is 6.54 Å². The van der Waals surface area contributed by atoms with Crippen molar-refractivity contribution in [1.82, 2.24) is 15.1 Å². The molecule has 3 nitrogen and oxygen atoms in total. The lowest BCUT2D eigenvalue weighted by Crippen LogP contribution is -2.27. The summed E-state index contributed by atoms with van der Waals surface area (Å²) in [6.07, 6.45) is 6.88. The maximum atomic E-state index is 4.13. The second-order valence-electron chi connectivity index (χ2n) is 3.45. The Balaban J connectivity index is 1.81. The molecule has 0 radical (unpaired) electrons. The molecule has 1 aromatic rings. The van der Waals surface area contributed by atoms with Gasteiger partial charge in [-0.15, -0.1) is 0 Å². The van der Waals surface area contributed by atoms with Gasteiger partial charge in [0.1, 0.15) is 0 Å². The van der Waals surface area contributed by atoms with Crippen LogP contribution in [-0.4, -0.2) is 27.3 Å². The van der Waals surface area contributed by atoms with Crippen molar-refractivity contribution in [3.8, 4) is 0 Å². The zero-order valence-corrected chi connectivity index (χ0v) is 8.96. The highest BCUT2D eigenvalue weighted by molar-refractivity contribution is 7.99. The lowest BCUT2D eigenvalue weighted by atomic mass is 10.2. The number of thioether (sulfide) groups is 1. The van der Waals surface area contributed by atoms with Crippen LogP contribution < -0.4 is 5.32 Å². The lowest BCUT2D eigenvalue weighted by Gasteiger charge is -2.08. The topological polar surface area (TPSA) is 29.9 Å². The first-order valence-corrected chi connectivity index (χ1v) is 6.00. The summed E-state index contributed by atoms with van der Waals surface area (Å²) >= 11 is 2.03. The number of hydrogen-bond donors (Lipinski definition) is 1. The third-order valence-electron chi connectivity index (χ3n) is 2.37. The van der Waals surface area contributed by atoms with Crippen molar-refractivity contribution in [2.75, 3.05) is 11.5 Å². The molecule has 1 N–H and O–H groups in total. The summed E-state index contributed by atoms with van der Waals surface area (Å²) in [5.41, 5.74) is 1.22. The van der Waals surface area contributed by atoms with Crippen LogP contribution in [0.4, 0.5) is 0 Å². The SMILES string of the molecule is C=Cn1cc(CNC2CCSC2)cn1. The van der Waals surface area contributed by atoms with E-state index in [1.54, 1.807) is 10.9 Å². The van der Waals surface area contributed by atoms with E-state index in [4.69, 9.17) is 0 Å². The second kappa shape index (κ2) is 4.66. The van der Waals surface area contributed by atoms with E-state index < -0.39 is 0 Å². The standard InChI is InChI=1S/C10H15N3S/c1-2-13-7-9(6-12-13)5-11-10-3-4-14-8-10/h2,6-7,10-11H,1,3-5,8H2. The molecule has 0 aromatic carbocycles. The van der Waals surface area contributed by atoms with Crippen molar-refractivity contribution < 1.29 is 0 Å². The summed E-state index contributed by atoms with van der Waals surface area (Å²) in [6.45, 7) is 4.57. The van der Waals surface area contributed by atoms with Crippen molar-refractivity contribution >= 4 is 18.0 Å². The van der Waals surface area contributed by atoms with E-state index in [1.807, 2.05) is 24.2 Å². The van der Waals surface area contributed by atoms with Crippen LogP contribution >= 0.6 is 11.8 Å². The minimum Gasteiger partial charge on any atom is -0.309 e. The largest absolute Gasteiger partial charge is 0.309 e. The average Bonchev–Trinajstić information content (AvgIpc) is 2.86. The van der Waals surface area contributed by atoms with Crippen molar-refractivity contribution in [2.45, 2.75) is 19.0 Å². The molecule has 1 saturated heterocycles. The molecule has 1 unspecified atom stereocenters. The summed E-state index contributed by atoms with van der Waals surface area (Å²) in [7, 11) is 0. The van der Waals surface area contributed by atoms with Gasteiger partial charge in [-0.05, 0) is 12.2 Å². The molecule has 0 amide bonds. The zero-order valence-electron chi connectivity index (χ0n) is 8.15. The first kappa shape index (κ1) is 9.80. The smallest absolute Gasteiger partial charge is 0.0538 e. The fourth-order valence-corrected chi connectivity index (χ4v) is 2.71. The van der Waals surface area contributed by atoms with Crippen LogP contribution in [0.2, 0.25) is 0 Å². The molecule has 1 fully saturated rings. The van der Waals surface area contributed by atoms with E-state index in [2.05, 4.69) is 17.0 Å². The second-order valence-corrected chi connectivity index (χ2v) is 4.60. The molecule has 14 heavy (non-hydrogen) atoms. The summed E-state index contributed by atoms with van der Waals surface area (Å²) in [6, 6.07) is 0.687. The molecule has 4 heteroatoms. The Bertz CT molecular complexity index is 302. The van der Waals surface area contributed by atoms with Gasteiger partial charge in [0.25, 0.3) is 0 Å². The predicted octanol–water partition coefficient (Wildman–Crippen LogP) is 1.58. The minimum absolute atomic E-state index is 0.687. The Hall–Kier alpha value is -0.740. The summed E-state index contributed by atoms with van der Waals surface area (Å²) in [5, 5.41) is 7.66. The van der Waals surface area contributed by atoms with Gasteiger partial charge in [-0.25, -0.2) is 4.68 Å². The fraction of sp³-hybridized carbons (Fsp3) is 0.500. The van der Waals surface area contributed by atoms with Crippen molar-refractivity contribution in [3.05, 3.63) is 24.5 Å². The van der Waals surface area contributed by atoms with E-state index >= 15 is 0 Å². The van der Waals surface area contributed by atoms with Gasteiger partial charge < -0.3 is 5.32 Å². The number of hydrogen-bond acceptors (Lipinski definition) is 3. The molecule has 2 rings (SSSR count). The molecule has 1 aliphatic heterocycles. The number of aromatic nitrogens is 2. The highest BCUT2D eigenvalue weighted by Gasteiger charge is 2.14. The Labute approximate surface area is 88.6 Å². The maximum absolute atomic E-state index is 4.13. The maximum Gasteiger partial charge on any atom is 0.0538 e. The summed E-state index contributed by atoms with van der Waals surface area (Å²) < 4.78 is 1.74. The Morgan fingerprint density at radius 3 is 3.36 bits per heavy atom. The van der Waals surface area contributed by atoms with Crippen molar-refractivity contribution in [3.63, 3.8) is 0 Å². The average molecular weight is 209 g/mol. The van der Waals surface area contributed by atoms with Gasteiger partial charge in [0.05, 0.1) is 6.20 Å². The first-order valence-electron chi connectivity index (χ1n) is 4.85. The summed E-state index contributed by atoms with van der Waals surface area (Å²) in [5.74, 6) is 2.54. The van der Waals surface area contributed by atoms with Crippen molar-refractivity contribution in [1.29, 1.82) is 0 Å². The van der Waals surface area contributed by atoms with Crippen LogP contribution in [0.5, 0.6) is 0 Å². The van der Waals surface area contributed by atoms with Gasteiger partial charge in [-0.2, -0.15) is 16.9 Å². The molecule has 1 aliphatic rings. The van der Waals surface area contributed by atoms with Gasteiger partial charge in [0.2, 0.25) is 0 Å².